The lowest BCUT2D eigenvalue weighted by atomic mass is 10.1. The van der Waals surface area contributed by atoms with Crippen LogP contribution in [0.25, 0.3) is 10.2 Å². The highest BCUT2D eigenvalue weighted by atomic mass is 35.5. The smallest absolute Gasteiger partial charge is 0.229 e. The van der Waals surface area contributed by atoms with Crippen molar-refractivity contribution in [3.63, 3.8) is 0 Å². The van der Waals surface area contributed by atoms with Gasteiger partial charge in [0.1, 0.15) is 0 Å². The third kappa shape index (κ3) is 2.15. The van der Waals surface area contributed by atoms with E-state index in [1.54, 1.807) is 17.0 Å². The van der Waals surface area contributed by atoms with Crippen LogP contribution in [0.2, 0.25) is 5.02 Å². The van der Waals surface area contributed by atoms with Crippen molar-refractivity contribution in [3.05, 3.63) is 23.2 Å². The van der Waals surface area contributed by atoms with Crippen LogP contribution in [0, 0.1) is 5.92 Å². The summed E-state index contributed by atoms with van der Waals surface area (Å²) >= 11 is 7.34. The predicted octanol–water partition coefficient (Wildman–Crippen LogP) is 2.10. The van der Waals surface area contributed by atoms with Crippen LogP contribution in [0.3, 0.4) is 0 Å². The minimum atomic E-state index is -3.04. The number of benzene rings is 1. The van der Waals surface area contributed by atoms with E-state index in [1.807, 2.05) is 6.07 Å². The maximum Gasteiger partial charge on any atom is 0.229 e. The third-order valence-electron chi connectivity index (χ3n) is 4.02. The monoisotopic (exact) mass is 342 g/mol. The van der Waals surface area contributed by atoms with Crippen molar-refractivity contribution >= 4 is 54.0 Å². The number of carbonyl (C=O) groups is 1. The van der Waals surface area contributed by atoms with Crippen LogP contribution in [0.4, 0.5) is 5.13 Å². The Morgan fingerprint density at radius 2 is 2.14 bits per heavy atom. The Bertz CT molecular complexity index is 861. The lowest BCUT2D eigenvalue weighted by molar-refractivity contribution is -0.117. The molecule has 0 spiro atoms. The molecule has 2 aliphatic rings. The van der Waals surface area contributed by atoms with Gasteiger partial charge in [-0.2, -0.15) is 0 Å². The molecule has 2 saturated heterocycles. The molecule has 0 N–H and O–H groups in total. The number of rotatable bonds is 1. The van der Waals surface area contributed by atoms with Gasteiger partial charge in [0, 0.05) is 17.4 Å². The Morgan fingerprint density at radius 3 is 2.95 bits per heavy atom. The van der Waals surface area contributed by atoms with Crippen molar-refractivity contribution in [1.82, 2.24) is 4.98 Å². The number of fused-ring (bicyclic) bond motifs is 2. The van der Waals surface area contributed by atoms with Crippen LogP contribution >= 0.6 is 22.9 Å². The molecule has 2 aliphatic heterocycles. The van der Waals surface area contributed by atoms with Gasteiger partial charge in [0.25, 0.3) is 0 Å². The van der Waals surface area contributed by atoms with Gasteiger partial charge in [-0.25, -0.2) is 13.4 Å². The fourth-order valence-electron chi connectivity index (χ4n) is 3.13. The molecule has 21 heavy (non-hydrogen) atoms. The van der Waals surface area contributed by atoms with Crippen molar-refractivity contribution in [2.24, 2.45) is 5.92 Å². The first-order valence-electron chi connectivity index (χ1n) is 6.51. The van der Waals surface area contributed by atoms with Crippen molar-refractivity contribution in [1.29, 1.82) is 0 Å². The molecule has 2 unspecified atom stereocenters. The molecule has 0 aliphatic carbocycles. The van der Waals surface area contributed by atoms with E-state index in [2.05, 4.69) is 4.98 Å². The van der Waals surface area contributed by atoms with E-state index in [-0.39, 0.29) is 29.4 Å². The number of hydrogen-bond donors (Lipinski definition) is 0. The largest absolute Gasteiger partial charge is 0.284 e. The van der Waals surface area contributed by atoms with Crippen molar-refractivity contribution < 1.29 is 13.2 Å². The van der Waals surface area contributed by atoms with Gasteiger partial charge in [0.2, 0.25) is 5.91 Å². The maximum atomic E-state index is 12.2. The molecule has 0 saturated carbocycles. The normalized spacial score (nSPS) is 27.5. The number of amides is 1. The van der Waals surface area contributed by atoms with Crippen LogP contribution in [-0.2, 0) is 14.6 Å². The summed E-state index contributed by atoms with van der Waals surface area (Å²) in [5, 5.41) is 1.19. The first kappa shape index (κ1) is 13.5. The number of sulfone groups is 1. The van der Waals surface area contributed by atoms with E-state index in [9.17, 15) is 13.2 Å². The highest BCUT2D eigenvalue weighted by molar-refractivity contribution is 7.91. The van der Waals surface area contributed by atoms with E-state index in [4.69, 9.17) is 11.6 Å². The third-order valence-corrected chi connectivity index (χ3v) is 7.06. The number of carbonyl (C=O) groups excluding carboxylic acids is 1. The molecule has 0 radical (unpaired) electrons. The average Bonchev–Trinajstić information content (AvgIpc) is 2.97. The summed E-state index contributed by atoms with van der Waals surface area (Å²) < 4.78 is 24.4. The van der Waals surface area contributed by atoms with Crippen LogP contribution < -0.4 is 4.90 Å². The minimum Gasteiger partial charge on any atom is -0.284 e. The summed E-state index contributed by atoms with van der Waals surface area (Å²) in [4.78, 5) is 18.3. The van der Waals surface area contributed by atoms with Crippen molar-refractivity contribution in [2.75, 3.05) is 16.4 Å². The van der Waals surface area contributed by atoms with E-state index >= 15 is 0 Å². The van der Waals surface area contributed by atoms with Crippen LogP contribution in [0.1, 0.15) is 6.42 Å². The second-order valence-electron chi connectivity index (χ2n) is 5.48. The van der Waals surface area contributed by atoms with Gasteiger partial charge in [-0.15, -0.1) is 0 Å². The maximum absolute atomic E-state index is 12.2. The number of thiazole rings is 1. The molecule has 1 aromatic heterocycles. The van der Waals surface area contributed by atoms with Gasteiger partial charge in [0.15, 0.2) is 15.0 Å². The quantitative estimate of drug-likeness (QED) is 0.796. The standard InChI is InChI=1S/C13H11ClN2O3S2/c14-8-1-2-9-11(4-8)20-13(15-9)16-10-6-21(18,19)5-7(10)3-12(16)17/h1-2,4,7,10H,3,5-6H2. The highest BCUT2D eigenvalue weighted by Gasteiger charge is 2.50. The Balaban J connectivity index is 1.78. The minimum absolute atomic E-state index is 0.0370. The Morgan fingerprint density at radius 1 is 1.33 bits per heavy atom. The number of hydrogen-bond acceptors (Lipinski definition) is 5. The lowest BCUT2D eigenvalue weighted by Gasteiger charge is -2.19. The first-order chi connectivity index (χ1) is 9.93. The molecule has 110 valence electrons. The highest BCUT2D eigenvalue weighted by Crippen LogP contribution is 2.40. The summed E-state index contributed by atoms with van der Waals surface area (Å²) in [5.74, 6) is 0.0136. The summed E-state index contributed by atoms with van der Waals surface area (Å²) in [7, 11) is -3.04. The van der Waals surface area contributed by atoms with E-state index in [0.29, 0.717) is 16.6 Å². The Hall–Kier alpha value is -1.18. The molecule has 2 fully saturated rings. The number of aromatic nitrogens is 1. The summed E-state index contributed by atoms with van der Waals surface area (Å²) in [6.07, 6.45) is 0.292. The summed E-state index contributed by atoms with van der Waals surface area (Å²) in [5.41, 5.74) is 0.775. The number of halogens is 1. The van der Waals surface area contributed by atoms with E-state index in [1.165, 1.54) is 11.3 Å². The number of nitrogens with zero attached hydrogens (tertiary/aromatic N) is 2. The molecule has 8 heteroatoms. The Labute approximate surface area is 130 Å². The molecule has 4 rings (SSSR count). The predicted molar refractivity (Wildman–Crippen MR) is 82.7 cm³/mol. The SMILES string of the molecule is O=C1CC2CS(=O)(=O)CC2N1c1nc2ccc(Cl)cc2s1. The molecule has 0 bridgehead atoms. The van der Waals surface area contributed by atoms with Gasteiger partial charge in [0.05, 0.1) is 27.8 Å². The fraction of sp³-hybridized carbons (Fsp3) is 0.385. The van der Waals surface area contributed by atoms with Crippen LogP contribution in [0.15, 0.2) is 18.2 Å². The van der Waals surface area contributed by atoms with Gasteiger partial charge in [-0.3, -0.25) is 9.69 Å². The topological polar surface area (TPSA) is 67.3 Å². The fourth-order valence-corrected chi connectivity index (χ4v) is 6.51. The molecular weight excluding hydrogens is 332 g/mol. The molecular formula is C13H11ClN2O3S2. The molecule has 2 atom stereocenters. The average molecular weight is 343 g/mol. The van der Waals surface area contributed by atoms with Crippen molar-refractivity contribution in [2.45, 2.75) is 12.5 Å². The summed E-state index contributed by atoms with van der Waals surface area (Å²) in [6, 6.07) is 5.10. The van der Waals surface area contributed by atoms with Crippen LogP contribution in [-0.4, -0.2) is 36.9 Å². The molecule has 5 nitrogen and oxygen atoms in total. The molecule has 1 aromatic carbocycles. The van der Waals surface area contributed by atoms with Gasteiger partial charge in [-0.1, -0.05) is 22.9 Å². The first-order valence-corrected chi connectivity index (χ1v) is 9.53. The van der Waals surface area contributed by atoms with Crippen molar-refractivity contribution in [3.8, 4) is 0 Å². The molecule has 1 amide bonds. The number of anilines is 1. The van der Waals surface area contributed by atoms with Gasteiger partial charge in [-0.05, 0) is 18.2 Å². The zero-order valence-electron chi connectivity index (χ0n) is 10.8. The van der Waals surface area contributed by atoms with E-state index < -0.39 is 9.84 Å². The van der Waals surface area contributed by atoms with E-state index in [0.717, 1.165) is 10.2 Å². The second kappa shape index (κ2) is 4.41. The Kier molecular flexibility index (Phi) is 2.83. The van der Waals surface area contributed by atoms with Gasteiger partial charge < -0.3 is 0 Å². The zero-order chi connectivity index (χ0) is 14.8. The van der Waals surface area contributed by atoms with Gasteiger partial charge >= 0.3 is 0 Å². The molecule has 2 aromatic rings. The second-order valence-corrected chi connectivity index (χ2v) is 9.08. The lowest BCUT2D eigenvalue weighted by Crippen LogP contribution is -2.36. The van der Waals surface area contributed by atoms with Crippen LogP contribution in [0.5, 0.6) is 0 Å². The summed E-state index contributed by atoms with van der Waals surface area (Å²) in [6.45, 7) is 0. The molecule has 3 heterocycles. The zero-order valence-corrected chi connectivity index (χ0v) is 13.2.